The fourth-order valence-corrected chi connectivity index (χ4v) is 2.11. The number of benzene rings is 1. The first-order valence-corrected chi connectivity index (χ1v) is 6.52. The van der Waals surface area contributed by atoms with Crippen LogP contribution in [-0.4, -0.2) is 5.84 Å². The molecule has 0 saturated carbocycles. The van der Waals surface area contributed by atoms with Gasteiger partial charge in [-0.3, -0.25) is 5.41 Å². The molecule has 0 aliphatic heterocycles. The molecule has 0 amide bonds. The molecule has 0 aromatic heterocycles. The number of amidine groups is 1. The summed E-state index contributed by atoms with van der Waals surface area (Å²) in [6.45, 7) is 12.6. The van der Waals surface area contributed by atoms with Gasteiger partial charge in [0.25, 0.3) is 0 Å². The van der Waals surface area contributed by atoms with Crippen molar-refractivity contribution in [3.8, 4) is 0 Å². The number of nitrogens with one attached hydrogen (secondary N) is 2. The zero-order valence-electron chi connectivity index (χ0n) is 12.8. The molecule has 1 aromatic carbocycles. The van der Waals surface area contributed by atoms with Crippen molar-refractivity contribution >= 4 is 11.5 Å². The summed E-state index contributed by atoms with van der Waals surface area (Å²) < 4.78 is 0. The zero-order valence-corrected chi connectivity index (χ0v) is 12.8. The van der Waals surface area contributed by atoms with E-state index in [2.05, 4.69) is 59.0 Å². The number of rotatable bonds is 3. The molecular weight excluding hydrogens is 234 g/mol. The van der Waals surface area contributed by atoms with E-state index in [1.54, 1.807) is 6.08 Å². The third-order valence-electron chi connectivity index (χ3n) is 3.04. The van der Waals surface area contributed by atoms with Crippen LogP contribution in [0.5, 0.6) is 0 Å². The lowest BCUT2D eigenvalue weighted by Gasteiger charge is -2.26. The second-order valence-electron chi connectivity index (χ2n) is 6.16. The lowest BCUT2D eigenvalue weighted by Crippen LogP contribution is -2.21. The topological polar surface area (TPSA) is 61.9 Å². The Balaban J connectivity index is 3.22. The number of aryl methyl sites for hydroxylation is 3. The van der Waals surface area contributed by atoms with E-state index in [1.807, 2.05) is 0 Å². The van der Waals surface area contributed by atoms with Gasteiger partial charge in [0.05, 0.1) is 0 Å². The van der Waals surface area contributed by atoms with Crippen molar-refractivity contribution in [1.82, 2.24) is 0 Å². The van der Waals surface area contributed by atoms with Gasteiger partial charge in [-0.1, -0.05) is 38.5 Å². The normalized spacial score (nSPS) is 12.4. The van der Waals surface area contributed by atoms with Gasteiger partial charge in [0, 0.05) is 16.8 Å². The first-order chi connectivity index (χ1) is 8.61. The van der Waals surface area contributed by atoms with Gasteiger partial charge >= 0.3 is 0 Å². The second kappa shape index (κ2) is 5.47. The average molecular weight is 259 g/mol. The van der Waals surface area contributed by atoms with Gasteiger partial charge in [0.15, 0.2) is 0 Å². The molecule has 0 radical (unpaired) electrons. The molecule has 104 valence electrons. The van der Waals surface area contributed by atoms with Crippen molar-refractivity contribution < 1.29 is 0 Å². The Morgan fingerprint density at radius 3 is 2.00 bits per heavy atom. The molecule has 0 aliphatic rings. The van der Waals surface area contributed by atoms with Crippen LogP contribution in [0.15, 0.2) is 23.9 Å². The van der Waals surface area contributed by atoms with Gasteiger partial charge in [-0.05, 0) is 38.0 Å². The van der Waals surface area contributed by atoms with Gasteiger partial charge in [0.1, 0.15) is 5.84 Å². The number of nitrogens with two attached hydrogens (primary N) is 1. The van der Waals surface area contributed by atoms with Gasteiger partial charge in [-0.2, -0.15) is 0 Å². The van der Waals surface area contributed by atoms with Crippen LogP contribution in [0.4, 0.5) is 5.69 Å². The molecule has 4 N–H and O–H groups in total. The lowest BCUT2D eigenvalue weighted by atomic mass is 9.90. The highest BCUT2D eigenvalue weighted by Crippen LogP contribution is 2.30. The molecule has 0 saturated heterocycles. The van der Waals surface area contributed by atoms with Crippen LogP contribution in [0.2, 0.25) is 0 Å². The Labute approximate surface area is 116 Å². The fourth-order valence-electron chi connectivity index (χ4n) is 2.11. The number of anilines is 1. The largest absolute Gasteiger partial charge is 0.384 e. The zero-order chi connectivity index (χ0) is 14.8. The summed E-state index contributed by atoms with van der Waals surface area (Å²) in [5.74, 6) is 0.0693. The third kappa shape index (κ3) is 4.12. The smallest absolute Gasteiger partial charge is 0.117 e. The first kappa shape index (κ1) is 15.3. The Kier molecular flexibility index (Phi) is 4.40. The van der Waals surface area contributed by atoms with Crippen LogP contribution in [-0.2, 0) is 0 Å². The standard InChI is InChI=1S/C16H25N3/c1-10-7-11(2)15(12(3)8-10)19-13(9-14(17)18)16(4,5)6/h7-9,19H,1-6H3,(H3,17,18)/b13-9-. The summed E-state index contributed by atoms with van der Waals surface area (Å²) >= 11 is 0. The van der Waals surface area contributed by atoms with Gasteiger partial charge < -0.3 is 11.1 Å². The Bertz CT molecular complexity index is 496. The maximum atomic E-state index is 7.47. The minimum Gasteiger partial charge on any atom is -0.384 e. The lowest BCUT2D eigenvalue weighted by molar-refractivity contribution is 0.508. The van der Waals surface area contributed by atoms with Crippen molar-refractivity contribution in [2.45, 2.75) is 41.5 Å². The summed E-state index contributed by atoms with van der Waals surface area (Å²) in [4.78, 5) is 0. The Morgan fingerprint density at radius 1 is 1.16 bits per heavy atom. The predicted molar refractivity (Wildman–Crippen MR) is 83.7 cm³/mol. The van der Waals surface area contributed by atoms with E-state index in [-0.39, 0.29) is 11.3 Å². The van der Waals surface area contributed by atoms with Crippen LogP contribution in [0.1, 0.15) is 37.5 Å². The molecule has 0 bridgehead atoms. The Morgan fingerprint density at radius 2 is 1.63 bits per heavy atom. The third-order valence-corrected chi connectivity index (χ3v) is 3.04. The van der Waals surface area contributed by atoms with Crippen LogP contribution >= 0.6 is 0 Å². The fraction of sp³-hybridized carbons (Fsp3) is 0.438. The summed E-state index contributed by atoms with van der Waals surface area (Å²) in [6, 6.07) is 4.31. The minimum atomic E-state index is -0.0879. The molecule has 0 atom stereocenters. The van der Waals surface area contributed by atoms with Crippen molar-refractivity contribution in [1.29, 1.82) is 5.41 Å². The highest BCUT2D eigenvalue weighted by Gasteiger charge is 2.19. The molecule has 0 unspecified atom stereocenters. The van der Waals surface area contributed by atoms with Crippen LogP contribution < -0.4 is 11.1 Å². The summed E-state index contributed by atoms with van der Waals surface area (Å²) in [5.41, 5.74) is 11.1. The van der Waals surface area contributed by atoms with Crippen LogP contribution in [0.25, 0.3) is 0 Å². The van der Waals surface area contributed by atoms with Crippen LogP contribution in [0.3, 0.4) is 0 Å². The van der Waals surface area contributed by atoms with E-state index in [0.717, 1.165) is 11.4 Å². The average Bonchev–Trinajstić information content (AvgIpc) is 2.19. The molecule has 19 heavy (non-hydrogen) atoms. The van der Waals surface area contributed by atoms with Gasteiger partial charge in [0.2, 0.25) is 0 Å². The summed E-state index contributed by atoms with van der Waals surface area (Å²) in [5, 5.41) is 10.9. The van der Waals surface area contributed by atoms with Crippen molar-refractivity contribution in [2.24, 2.45) is 11.1 Å². The summed E-state index contributed by atoms with van der Waals surface area (Å²) in [7, 11) is 0. The number of allylic oxidation sites excluding steroid dienone is 1. The van der Waals surface area contributed by atoms with E-state index in [1.165, 1.54) is 16.7 Å². The monoisotopic (exact) mass is 259 g/mol. The molecule has 0 heterocycles. The van der Waals surface area contributed by atoms with Crippen LogP contribution in [0, 0.1) is 31.6 Å². The molecule has 3 heteroatoms. The number of hydrogen-bond acceptors (Lipinski definition) is 2. The molecule has 3 nitrogen and oxygen atoms in total. The van der Waals surface area contributed by atoms with E-state index in [4.69, 9.17) is 11.1 Å². The molecule has 0 spiro atoms. The summed E-state index contributed by atoms with van der Waals surface area (Å²) in [6.07, 6.45) is 1.69. The molecule has 1 aromatic rings. The van der Waals surface area contributed by atoms with Crippen molar-refractivity contribution in [3.63, 3.8) is 0 Å². The molecule has 0 aliphatic carbocycles. The first-order valence-electron chi connectivity index (χ1n) is 6.52. The van der Waals surface area contributed by atoms with Crippen molar-refractivity contribution in [3.05, 3.63) is 40.6 Å². The highest BCUT2D eigenvalue weighted by atomic mass is 14.9. The quantitative estimate of drug-likeness (QED) is 0.569. The van der Waals surface area contributed by atoms with E-state index < -0.39 is 0 Å². The molecule has 0 fully saturated rings. The van der Waals surface area contributed by atoms with Gasteiger partial charge in [-0.15, -0.1) is 0 Å². The predicted octanol–water partition coefficient (Wildman–Crippen LogP) is 3.89. The van der Waals surface area contributed by atoms with E-state index in [9.17, 15) is 0 Å². The molecule has 1 rings (SSSR count). The Hall–Kier alpha value is -1.77. The maximum absolute atomic E-state index is 7.47. The number of hydrogen-bond donors (Lipinski definition) is 3. The second-order valence-corrected chi connectivity index (χ2v) is 6.16. The minimum absolute atomic E-state index is 0.0693. The van der Waals surface area contributed by atoms with E-state index in [0.29, 0.717) is 0 Å². The van der Waals surface area contributed by atoms with Crippen molar-refractivity contribution in [2.75, 3.05) is 5.32 Å². The maximum Gasteiger partial charge on any atom is 0.117 e. The molecular formula is C16H25N3. The SMILES string of the molecule is Cc1cc(C)c(N/C(=C\C(=N)N)C(C)(C)C)c(C)c1. The van der Waals surface area contributed by atoms with E-state index >= 15 is 0 Å². The van der Waals surface area contributed by atoms with Gasteiger partial charge in [-0.25, -0.2) is 0 Å². The highest BCUT2D eigenvalue weighted by molar-refractivity contribution is 5.90.